The molecule has 0 aliphatic heterocycles. The lowest BCUT2D eigenvalue weighted by Crippen LogP contribution is -2.14. The van der Waals surface area contributed by atoms with Gasteiger partial charge in [0.15, 0.2) is 0 Å². The van der Waals surface area contributed by atoms with Gasteiger partial charge >= 0.3 is 0 Å². The molecule has 1 N–H and O–H groups in total. The zero-order valence-corrected chi connectivity index (χ0v) is 14.3. The maximum Gasteiger partial charge on any atom is 0.261 e. The minimum atomic E-state index is -3.65. The zero-order chi connectivity index (χ0) is 17.2. The van der Waals surface area contributed by atoms with E-state index in [2.05, 4.69) is 11.3 Å². The van der Waals surface area contributed by atoms with Crippen molar-refractivity contribution >= 4 is 26.5 Å². The van der Waals surface area contributed by atoms with Crippen molar-refractivity contribution in [1.82, 2.24) is 0 Å². The van der Waals surface area contributed by atoms with E-state index in [0.29, 0.717) is 12.1 Å². The molecule has 4 heteroatoms. The number of allylic oxidation sites excluding steroid dienone is 1. The van der Waals surface area contributed by atoms with Gasteiger partial charge in [-0.3, -0.25) is 4.72 Å². The van der Waals surface area contributed by atoms with Crippen molar-refractivity contribution in [2.45, 2.75) is 18.2 Å². The third kappa shape index (κ3) is 3.19. The lowest BCUT2D eigenvalue weighted by Gasteiger charge is -2.15. The summed E-state index contributed by atoms with van der Waals surface area (Å²) in [6.07, 6.45) is 2.37. The maximum atomic E-state index is 12.8. The van der Waals surface area contributed by atoms with Gasteiger partial charge in [0.05, 0.1) is 10.6 Å². The van der Waals surface area contributed by atoms with Gasteiger partial charge in [-0.15, -0.1) is 6.58 Å². The van der Waals surface area contributed by atoms with E-state index in [1.165, 1.54) is 0 Å². The normalized spacial score (nSPS) is 11.4. The Hall–Kier alpha value is -2.59. The number of rotatable bonds is 5. The van der Waals surface area contributed by atoms with Crippen LogP contribution in [-0.2, 0) is 16.4 Å². The fourth-order valence-electron chi connectivity index (χ4n) is 2.67. The summed E-state index contributed by atoms with van der Waals surface area (Å²) in [6.45, 7) is 5.69. The predicted molar refractivity (Wildman–Crippen MR) is 99.8 cm³/mol. The fourth-order valence-corrected chi connectivity index (χ4v) is 3.80. The summed E-state index contributed by atoms with van der Waals surface area (Å²) >= 11 is 0. The molecule has 0 spiro atoms. The van der Waals surface area contributed by atoms with Crippen molar-refractivity contribution in [3.8, 4) is 0 Å². The van der Waals surface area contributed by atoms with Crippen molar-refractivity contribution in [2.24, 2.45) is 0 Å². The molecule has 0 aromatic heterocycles. The molecule has 122 valence electrons. The van der Waals surface area contributed by atoms with E-state index >= 15 is 0 Å². The Morgan fingerprint density at radius 3 is 2.42 bits per heavy atom. The smallest absolute Gasteiger partial charge is 0.261 e. The fraction of sp³-hybridized carbons (Fsp3) is 0.100. The quantitative estimate of drug-likeness (QED) is 0.687. The van der Waals surface area contributed by atoms with Crippen molar-refractivity contribution in [2.75, 3.05) is 4.72 Å². The van der Waals surface area contributed by atoms with Gasteiger partial charge in [0.2, 0.25) is 0 Å². The molecule has 0 aliphatic rings. The molecule has 0 amide bonds. The highest BCUT2D eigenvalue weighted by Crippen LogP contribution is 2.30. The zero-order valence-electron chi connectivity index (χ0n) is 13.5. The van der Waals surface area contributed by atoms with E-state index < -0.39 is 10.0 Å². The van der Waals surface area contributed by atoms with Crippen LogP contribution >= 0.6 is 0 Å². The molecule has 3 aromatic carbocycles. The van der Waals surface area contributed by atoms with Crippen LogP contribution in [0.4, 0.5) is 5.69 Å². The standard InChI is InChI=1S/C20H19NO2S/c1-3-6-17-12-11-16-7-4-5-8-19(16)20(17)21-24(22,23)18-13-9-15(2)10-14-18/h3-5,7-14,21H,1,6H2,2H3. The van der Waals surface area contributed by atoms with Crippen LogP contribution in [0.2, 0.25) is 0 Å². The molecule has 3 rings (SSSR count). The molecule has 0 bridgehead atoms. The molecule has 0 unspecified atom stereocenters. The van der Waals surface area contributed by atoms with Gasteiger partial charge in [-0.05, 0) is 36.4 Å². The van der Waals surface area contributed by atoms with Crippen LogP contribution in [0.25, 0.3) is 10.8 Å². The third-order valence-corrected chi connectivity index (χ3v) is 5.31. The van der Waals surface area contributed by atoms with Crippen molar-refractivity contribution in [3.05, 3.63) is 84.4 Å². The molecule has 0 heterocycles. The molecule has 0 radical (unpaired) electrons. The van der Waals surface area contributed by atoms with E-state index in [9.17, 15) is 8.42 Å². The van der Waals surface area contributed by atoms with Crippen LogP contribution in [0.3, 0.4) is 0 Å². The Morgan fingerprint density at radius 1 is 1.00 bits per heavy atom. The highest BCUT2D eigenvalue weighted by molar-refractivity contribution is 7.92. The second kappa shape index (κ2) is 6.49. The van der Waals surface area contributed by atoms with Gasteiger partial charge in [0.25, 0.3) is 10.0 Å². The number of anilines is 1. The first kappa shape index (κ1) is 16.3. The van der Waals surface area contributed by atoms with Crippen LogP contribution in [0, 0.1) is 6.92 Å². The average Bonchev–Trinajstić information content (AvgIpc) is 2.57. The maximum absolute atomic E-state index is 12.8. The van der Waals surface area contributed by atoms with Gasteiger partial charge in [-0.25, -0.2) is 8.42 Å². The molecule has 3 nitrogen and oxygen atoms in total. The molecule has 3 aromatic rings. The number of fused-ring (bicyclic) bond motifs is 1. The summed E-state index contributed by atoms with van der Waals surface area (Å²) in [6, 6.07) is 18.5. The van der Waals surface area contributed by atoms with E-state index in [4.69, 9.17) is 0 Å². The second-order valence-electron chi connectivity index (χ2n) is 5.73. The summed E-state index contributed by atoms with van der Waals surface area (Å²) in [5, 5.41) is 1.87. The summed E-state index contributed by atoms with van der Waals surface area (Å²) in [5.41, 5.74) is 2.54. The highest BCUT2D eigenvalue weighted by atomic mass is 32.2. The monoisotopic (exact) mass is 337 g/mol. The van der Waals surface area contributed by atoms with Gasteiger partial charge in [-0.2, -0.15) is 0 Å². The van der Waals surface area contributed by atoms with Gasteiger partial charge < -0.3 is 0 Å². The SMILES string of the molecule is C=CCc1ccc2ccccc2c1NS(=O)(=O)c1ccc(C)cc1. The first-order valence-corrected chi connectivity index (χ1v) is 9.20. The van der Waals surface area contributed by atoms with Gasteiger partial charge in [0.1, 0.15) is 0 Å². The Bertz CT molecular complexity index is 990. The molecular formula is C20H19NO2S. The lowest BCUT2D eigenvalue weighted by molar-refractivity contribution is 0.601. The summed E-state index contributed by atoms with van der Waals surface area (Å²) in [4.78, 5) is 0.255. The van der Waals surface area contributed by atoms with Crippen LogP contribution in [-0.4, -0.2) is 8.42 Å². The van der Waals surface area contributed by atoms with Gasteiger partial charge in [-0.1, -0.05) is 60.2 Å². The Morgan fingerprint density at radius 2 is 1.71 bits per heavy atom. The third-order valence-electron chi connectivity index (χ3n) is 3.95. The average molecular weight is 337 g/mol. The van der Waals surface area contributed by atoms with Crippen LogP contribution in [0.1, 0.15) is 11.1 Å². The molecule has 24 heavy (non-hydrogen) atoms. The van der Waals surface area contributed by atoms with Gasteiger partial charge in [0, 0.05) is 5.39 Å². The van der Waals surface area contributed by atoms with Crippen molar-refractivity contribution in [3.63, 3.8) is 0 Å². The number of aryl methyl sites for hydroxylation is 1. The number of hydrogen-bond donors (Lipinski definition) is 1. The first-order chi connectivity index (χ1) is 11.5. The molecular weight excluding hydrogens is 318 g/mol. The van der Waals surface area contributed by atoms with E-state index in [1.54, 1.807) is 30.3 Å². The number of nitrogens with one attached hydrogen (secondary N) is 1. The minimum absolute atomic E-state index is 0.255. The Kier molecular flexibility index (Phi) is 4.40. The van der Waals surface area contributed by atoms with Crippen LogP contribution < -0.4 is 4.72 Å². The van der Waals surface area contributed by atoms with Crippen molar-refractivity contribution < 1.29 is 8.42 Å². The lowest BCUT2D eigenvalue weighted by atomic mass is 10.0. The highest BCUT2D eigenvalue weighted by Gasteiger charge is 2.17. The summed E-state index contributed by atoms with van der Waals surface area (Å²) < 4.78 is 28.3. The minimum Gasteiger partial charge on any atom is -0.279 e. The first-order valence-electron chi connectivity index (χ1n) is 7.72. The second-order valence-corrected chi connectivity index (χ2v) is 7.41. The molecule has 0 atom stereocenters. The molecule has 0 saturated carbocycles. The van der Waals surface area contributed by atoms with Crippen LogP contribution in [0.5, 0.6) is 0 Å². The Balaban J connectivity index is 2.12. The number of benzene rings is 3. The number of hydrogen-bond acceptors (Lipinski definition) is 2. The number of sulfonamides is 1. The topological polar surface area (TPSA) is 46.2 Å². The predicted octanol–water partition coefficient (Wildman–Crippen LogP) is 4.68. The van der Waals surface area contributed by atoms with E-state index in [0.717, 1.165) is 21.9 Å². The summed E-state index contributed by atoms with van der Waals surface area (Å²) in [5.74, 6) is 0. The van der Waals surface area contributed by atoms with Crippen LogP contribution in [0.15, 0.2) is 78.2 Å². The summed E-state index contributed by atoms with van der Waals surface area (Å²) in [7, 11) is -3.65. The Labute approximate surface area is 142 Å². The molecule has 0 saturated heterocycles. The van der Waals surface area contributed by atoms with E-state index in [1.807, 2.05) is 43.3 Å². The molecule has 0 aliphatic carbocycles. The van der Waals surface area contributed by atoms with E-state index in [-0.39, 0.29) is 4.90 Å². The largest absolute Gasteiger partial charge is 0.279 e. The van der Waals surface area contributed by atoms with Crippen molar-refractivity contribution in [1.29, 1.82) is 0 Å². The molecule has 0 fully saturated rings.